The summed E-state index contributed by atoms with van der Waals surface area (Å²) in [4.78, 5) is 8.40. The molecule has 5 nitrogen and oxygen atoms in total. The summed E-state index contributed by atoms with van der Waals surface area (Å²) >= 11 is 0. The second kappa shape index (κ2) is 4.95. The summed E-state index contributed by atoms with van der Waals surface area (Å²) in [5, 5.41) is 4.51. The van der Waals surface area contributed by atoms with Gasteiger partial charge in [0, 0.05) is 12.4 Å². The summed E-state index contributed by atoms with van der Waals surface area (Å²) in [6, 6.07) is 1.80. The Kier molecular flexibility index (Phi) is 3.37. The average Bonchev–Trinajstić information content (AvgIpc) is 2.66. The van der Waals surface area contributed by atoms with Crippen LogP contribution in [0.1, 0.15) is 31.1 Å². The van der Waals surface area contributed by atoms with Crippen molar-refractivity contribution in [1.82, 2.24) is 19.7 Å². The number of nitrogens with zero attached hydrogens (tertiary/aromatic N) is 4. The molecule has 2 heterocycles. The van der Waals surface area contributed by atoms with Gasteiger partial charge in [0.2, 0.25) is 0 Å². The number of rotatable bonds is 4. The van der Waals surface area contributed by atoms with Crippen LogP contribution in [0.15, 0.2) is 18.5 Å². The van der Waals surface area contributed by atoms with E-state index in [4.69, 9.17) is 5.73 Å². The summed E-state index contributed by atoms with van der Waals surface area (Å²) in [5.41, 5.74) is 8.89. The van der Waals surface area contributed by atoms with Crippen LogP contribution in [0, 0.1) is 0 Å². The van der Waals surface area contributed by atoms with Crippen molar-refractivity contribution in [2.75, 3.05) is 5.73 Å². The van der Waals surface area contributed by atoms with Crippen molar-refractivity contribution in [3.05, 3.63) is 35.7 Å². The van der Waals surface area contributed by atoms with E-state index in [-0.39, 0.29) is 0 Å². The van der Waals surface area contributed by atoms with E-state index in [0.717, 1.165) is 35.7 Å². The number of aromatic nitrogens is 4. The molecule has 0 aliphatic carbocycles. The molecule has 2 aromatic rings. The van der Waals surface area contributed by atoms with Gasteiger partial charge in [-0.05, 0) is 18.9 Å². The minimum absolute atomic E-state index is 0.578. The molecule has 0 fully saturated rings. The Morgan fingerprint density at radius 1 is 1.18 bits per heavy atom. The van der Waals surface area contributed by atoms with Gasteiger partial charge in [-0.25, -0.2) is 9.97 Å². The predicted molar refractivity (Wildman–Crippen MR) is 66.5 cm³/mol. The Balaban J connectivity index is 2.32. The smallest absolute Gasteiger partial charge is 0.149 e. The van der Waals surface area contributed by atoms with E-state index in [1.54, 1.807) is 18.5 Å². The Labute approximate surface area is 101 Å². The molecule has 0 radical (unpaired) electrons. The first kappa shape index (κ1) is 11.6. The fourth-order valence-corrected chi connectivity index (χ4v) is 1.88. The van der Waals surface area contributed by atoms with Crippen LogP contribution in [0.5, 0.6) is 0 Å². The Hall–Kier alpha value is -1.91. The molecule has 0 aromatic carbocycles. The van der Waals surface area contributed by atoms with Gasteiger partial charge in [0.1, 0.15) is 12.4 Å². The van der Waals surface area contributed by atoms with Crippen molar-refractivity contribution in [2.45, 2.75) is 33.2 Å². The molecule has 90 valence electrons. The molecule has 17 heavy (non-hydrogen) atoms. The van der Waals surface area contributed by atoms with Gasteiger partial charge in [0.25, 0.3) is 0 Å². The molecular formula is C12H17N5. The molecule has 0 aliphatic heterocycles. The second-order valence-electron chi connectivity index (χ2n) is 3.84. The quantitative estimate of drug-likeness (QED) is 0.864. The second-order valence-corrected chi connectivity index (χ2v) is 3.84. The normalized spacial score (nSPS) is 10.7. The van der Waals surface area contributed by atoms with Gasteiger partial charge in [-0.3, -0.25) is 4.68 Å². The van der Waals surface area contributed by atoms with Crippen LogP contribution in [0.2, 0.25) is 0 Å². The highest BCUT2D eigenvalue weighted by Gasteiger charge is 2.13. The maximum atomic E-state index is 6.05. The summed E-state index contributed by atoms with van der Waals surface area (Å²) in [6.07, 6.45) is 5.19. The zero-order valence-corrected chi connectivity index (χ0v) is 10.2. The molecule has 5 heteroatoms. The Morgan fingerprint density at radius 2 is 1.88 bits per heavy atom. The standard InChI is InChI=1S/C12H17N5/c1-3-9-12(13)10(4-2)17(16-9)8-11-14-6-5-7-15-11/h5-7H,3-4,8,13H2,1-2H3. The van der Waals surface area contributed by atoms with Crippen LogP contribution in [0.4, 0.5) is 5.69 Å². The van der Waals surface area contributed by atoms with Crippen LogP contribution in [0.3, 0.4) is 0 Å². The van der Waals surface area contributed by atoms with Gasteiger partial charge in [-0.1, -0.05) is 13.8 Å². The molecule has 2 rings (SSSR count). The molecule has 2 N–H and O–H groups in total. The molecule has 0 saturated carbocycles. The number of nitrogens with two attached hydrogens (primary N) is 1. The highest BCUT2D eigenvalue weighted by atomic mass is 15.3. The topological polar surface area (TPSA) is 69.6 Å². The molecule has 0 unspecified atom stereocenters. The largest absolute Gasteiger partial charge is 0.396 e. The highest BCUT2D eigenvalue weighted by molar-refractivity contribution is 5.48. The average molecular weight is 231 g/mol. The minimum atomic E-state index is 0.578. The van der Waals surface area contributed by atoms with E-state index < -0.39 is 0 Å². The van der Waals surface area contributed by atoms with Gasteiger partial charge < -0.3 is 5.73 Å². The zero-order chi connectivity index (χ0) is 12.3. The van der Waals surface area contributed by atoms with Gasteiger partial charge in [-0.2, -0.15) is 5.10 Å². The first-order valence-corrected chi connectivity index (χ1v) is 5.86. The van der Waals surface area contributed by atoms with E-state index in [0.29, 0.717) is 6.54 Å². The Bertz CT molecular complexity index is 489. The third kappa shape index (κ3) is 2.27. The molecule has 0 saturated heterocycles. The number of nitrogen functional groups attached to an aromatic ring is 1. The summed E-state index contributed by atoms with van der Waals surface area (Å²) < 4.78 is 1.91. The van der Waals surface area contributed by atoms with Crippen molar-refractivity contribution in [3.63, 3.8) is 0 Å². The van der Waals surface area contributed by atoms with Crippen LogP contribution >= 0.6 is 0 Å². The van der Waals surface area contributed by atoms with Gasteiger partial charge in [-0.15, -0.1) is 0 Å². The monoisotopic (exact) mass is 231 g/mol. The third-order valence-electron chi connectivity index (χ3n) is 2.76. The first-order valence-electron chi connectivity index (χ1n) is 5.86. The van der Waals surface area contributed by atoms with Gasteiger partial charge in [0.15, 0.2) is 0 Å². The molecule has 0 aliphatic rings. The van der Waals surface area contributed by atoms with E-state index in [1.807, 2.05) is 4.68 Å². The van der Waals surface area contributed by atoms with Crippen LogP contribution in [-0.2, 0) is 19.4 Å². The molecule has 0 amide bonds. The number of hydrogen-bond acceptors (Lipinski definition) is 4. The lowest BCUT2D eigenvalue weighted by Gasteiger charge is -2.04. The van der Waals surface area contributed by atoms with Crippen molar-refractivity contribution in [1.29, 1.82) is 0 Å². The maximum absolute atomic E-state index is 6.05. The SMILES string of the molecule is CCc1nn(Cc2ncccn2)c(CC)c1N. The van der Waals surface area contributed by atoms with Crippen LogP contribution < -0.4 is 5.73 Å². The summed E-state index contributed by atoms with van der Waals surface area (Å²) in [6.45, 7) is 4.71. The van der Waals surface area contributed by atoms with Crippen LogP contribution in [0.25, 0.3) is 0 Å². The van der Waals surface area contributed by atoms with Crippen molar-refractivity contribution in [3.8, 4) is 0 Å². The first-order chi connectivity index (χ1) is 8.26. The Morgan fingerprint density at radius 3 is 2.47 bits per heavy atom. The molecule has 0 atom stereocenters. The van der Waals surface area contributed by atoms with E-state index in [2.05, 4.69) is 28.9 Å². The fourth-order valence-electron chi connectivity index (χ4n) is 1.88. The van der Waals surface area contributed by atoms with E-state index in [9.17, 15) is 0 Å². The fraction of sp³-hybridized carbons (Fsp3) is 0.417. The van der Waals surface area contributed by atoms with Crippen molar-refractivity contribution < 1.29 is 0 Å². The lowest BCUT2D eigenvalue weighted by molar-refractivity contribution is 0.616. The number of hydrogen-bond donors (Lipinski definition) is 1. The molecule has 0 spiro atoms. The summed E-state index contributed by atoms with van der Waals surface area (Å²) in [7, 11) is 0. The van der Waals surface area contributed by atoms with E-state index >= 15 is 0 Å². The lowest BCUT2D eigenvalue weighted by Crippen LogP contribution is -2.09. The maximum Gasteiger partial charge on any atom is 0.149 e. The molecular weight excluding hydrogens is 214 g/mol. The third-order valence-corrected chi connectivity index (χ3v) is 2.76. The lowest BCUT2D eigenvalue weighted by atomic mass is 10.2. The number of aryl methyl sites for hydroxylation is 1. The molecule has 0 bridgehead atoms. The highest BCUT2D eigenvalue weighted by Crippen LogP contribution is 2.18. The predicted octanol–water partition coefficient (Wildman–Crippen LogP) is 1.43. The summed E-state index contributed by atoms with van der Waals surface area (Å²) in [5.74, 6) is 0.757. The zero-order valence-electron chi connectivity index (χ0n) is 10.2. The van der Waals surface area contributed by atoms with Crippen molar-refractivity contribution in [2.24, 2.45) is 0 Å². The van der Waals surface area contributed by atoms with E-state index in [1.165, 1.54) is 0 Å². The van der Waals surface area contributed by atoms with Gasteiger partial charge in [0.05, 0.1) is 17.1 Å². The van der Waals surface area contributed by atoms with Crippen LogP contribution in [-0.4, -0.2) is 19.7 Å². The minimum Gasteiger partial charge on any atom is -0.396 e. The molecule has 2 aromatic heterocycles. The number of anilines is 1. The van der Waals surface area contributed by atoms with Crippen molar-refractivity contribution >= 4 is 5.69 Å². The van der Waals surface area contributed by atoms with Gasteiger partial charge >= 0.3 is 0 Å².